The number of esters is 1. The lowest BCUT2D eigenvalue weighted by Crippen LogP contribution is -2.14. The second-order valence-electron chi connectivity index (χ2n) is 8.36. The standard InChI is InChI=1S/C24H28O3S/c1-16-7-12-22-20(13-16)14-23(28-22)24(26)27-15-21(25)19-10-8-18(9-11-19)17-5-3-2-4-6-17/h8-11,14,16-17H,2-7,12-13,15H2,1H3/t16-/m0/s1. The summed E-state index contributed by atoms with van der Waals surface area (Å²) in [5.41, 5.74) is 3.22. The van der Waals surface area contributed by atoms with Crippen LogP contribution in [0, 0.1) is 5.92 Å². The van der Waals surface area contributed by atoms with E-state index in [9.17, 15) is 9.59 Å². The average Bonchev–Trinajstić information content (AvgIpc) is 3.16. The summed E-state index contributed by atoms with van der Waals surface area (Å²) in [5.74, 6) is 0.783. The number of rotatable bonds is 5. The number of ether oxygens (including phenoxy) is 1. The molecule has 28 heavy (non-hydrogen) atoms. The highest BCUT2D eigenvalue weighted by atomic mass is 32.1. The van der Waals surface area contributed by atoms with Crippen LogP contribution in [0.3, 0.4) is 0 Å². The molecule has 1 fully saturated rings. The topological polar surface area (TPSA) is 43.4 Å². The lowest BCUT2D eigenvalue weighted by Gasteiger charge is -2.22. The lowest BCUT2D eigenvalue weighted by molar-refractivity contribution is 0.0479. The minimum atomic E-state index is -0.376. The van der Waals surface area contributed by atoms with E-state index < -0.39 is 0 Å². The maximum Gasteiger partial charge on any atom is 0.348 e. The summed E-state index contributed by atoms with van der Waals surface area (Å²) < 4.78 is 5.32. The smallest absolute Gasteiger partial charge is 0.348 e. The van der Waals surface area contributed by atoms with Gasteiger partial charge in [-0.2, -0.15) is 0 Å². The SMILES string of the molecule is C[C@H]1CCc2sc(C(=O)OCC(=O)c3ccc(C4CCCCC4)cc3)cc2C1. The van der Waals surface area contributed by atoms with Gasteiger partial charge in [-0.05, 0) is 61.1 Å². The molecule has 0 bridgehead atoms. The van der Waals surface area contributed by atoms with E-state index in [1.165, 1.54) is 65.9 Å². The number of aryl methyl sites for hydroxylation is 1. The number of carbonyl (C=O) groups is 2. The van der Waals surface area contributed by atoms with Crippen molar-refractivity contribution in [2.24, 2.45) is 5.92 Å². The summed E-state index contributed by atoms with van der Waals surface area (Å²) >= 11 is 1.52. The van der Waals surface area contributed by atoms with Gasteiger partial charge >= 0.3 is 5.97 Å². The van der Waals surface area contributed by atoms with Gasteiger partial charge in [0.2, 0.25) is 0 Å². The van der Waals surface area contributed by atoms with Crippen LogP contribution < -0.4 is 0 Å². The fourth-order valence-corrected chi connectivity index (χ4v) is 5.57. The van der Waals surface area contributed by atoms with Crippen molar-refractivity contribution in [1.82, 2.24) is 0 Å². The van der Waals surface area contributed by atoms with E-state index in [0.29, 0.717) is 22.3 Å². The molecule has 0 spiro atoms. The van der Waals surface area contributed by atoms with Crippen molar-refractivity contribution in [3.8, 4) is 0 Å². The van der Waals surface area contributed by atoms with E-state index >= 15 is 0 Å². The number of Topliss-reactive ketones (excluding diaryl/α,β-unsaturated/α-hetero) is 1. The predicted molar refractivity (Wildman–Crippen MR) is 112 cm³/mol. The Morgan fingerprint density at radius 3 is 2.57 bits per heavy atom. The maximum absolute atomic E-state index is 12.4. The van der Waals surface area contributed by atoms with Crippen LogP contribution in [0.1, 0.15) is 87.4 Å². The Morgan fingerprint density at radius 1 is 1.07 bits per heavy atom. The molecule has 2 aliphatic rings. The molecule has 1 aromatic heterocycles. The molecule has 4 heteroatoms. The Hall–Kier alpha value is -1.94. The molecule has 1 heterocycles. The highest BCUT2D eigenvalue weighted by molar-refractivity contribution is 7.14. The molecule has 0 unspecified atom stereocenters. The van der Waals surface area contributed by atoms with Gasteiger partial charge in [0, 0.05) is 10.4 Å². The molecule has 3 nitrogen and oxygen atoms in total. The van der Waals surface area contributed by atoms with Gasteiger partial charge in [0.05, 0.1) is 0 Å². The van der Waals surface area contributed by atoms with Gasteiger partial charge in [-0.15, -0.1) is 11.3 Å². The maximum atomic E-state index is 12.4. The van der Waals surface area contributed by atoms with Crippen molar-refractivity contribution in [3.05, 3.63) is 56.8 Å². The van der Waals surface area contributed by atoms with Crippen LogP contribution in [-0.2, 0) is 17.6 Å². The van der Waals surface area contributed by atoms with Crippen LogP contribution >= 0.6 is 11.3 Å². The summed E-state index contributed by atoms with van der Waals surface area (Å²) in [6.45, 7) is 2.05. The van der Waals surface area contributed by atoms with E-state index in [4.69, 9.17) is 4.74 Å². The third kappa shape index (κ3) is 4.38. The molecular formula is C24H28O3S. The summed E-state index contributed by atoms with van der Waals surface area (Å²) in [5, 5.41) is 0. The molecule has 2 aromatic rings. The van der Waals surface area contributed by atoms with E-state index in [1.807, 2.05) is 18.2 Å². The van der Waals surface area contributed by atoms with Gasteiger partial charge < -0.3 is 4.74 Å². The fraction of sp³-hybridized carbons (Fsp3) is 0.500. The Balaban J connectivity index is 1.33. The summed E-state index contributed by atoms with van der Waals surface area (Å²) in [6, 6.07) is 9.86. The lowest BCUT2D eigenvalue weighted by atomic mass is 9.84. The zero-order valence-corrected chi connectivity index (χ0v) is 17.4. The predicted octanol–water partition coefficient (Wildman–Crippen LogP) is 5.96. The number of carbonyl (C=O) groups excluding carboxylic acids is 2. The molecule has 1 atom stereocenters. The number of benzene rings is 1. The van der Waals surface area contributed by atoms with Crippen molar-refractivity contribution in [1.29, 1.82) is 0 Å². The summed E-state index contributed by atoms with van der Waals surface area (Å²) in [7, 11) is 0. The van der Waals surface area contributed by atoms with Gasteiger partial charge in [-0.25, -0.2) is 4.79 Å². The van der Waals surface area contributed by atoms with E-state index in [2.05, 4.69) is 19.1 Å². The van der Waals surface area contributed by atoms with E-state index in [-0.39, 0.29) is 18.4 Å². The summed E-state index contributed by atoms with van der Waals surface area (Å²) in [6.07, 6.45) is 9.68. The quantitative estimate of drug-likeness (QED) is 0.462. The molecule has 1 aromatic carbocycles. The monoisotopic (exact) mass is 396 g/mol. The van der Waals surface area contributed by atoms with Crippen LogP contribution in [0.25, 0.3) is 0 Å². The van der Waals surface area contributed by atoms with Gasteiger partial charge in [0.15, 0.2) is 12.4 Å². The summed E-state index contributed by atoms with van der Waals surface area (Å²) in [4.78, 5) is 26.7. The Labute approximate surface area is 171 Å². The first-order valence-electron chi connectivity index (χ1n) is 10.5. The molecule has 0 saturated heterocycles. The van der Waals surface area contributed by atoms with Crippen molar-refractivity contribution < 1.29 is 14.3 Å². The zero-order valence-electron chi connectivity index (χ0n) is 16.5. The van der Waals surface area contributed by atoms with Crippen LogP contribution in [0.5, 0.6) is 0 Å². The molecule has 0 N–H and O–H groups in total. The van der Waals surface area contributed by atoms with Gasteiger partial charge in [-0.3, -0.25) is 4.79 Å². The van der Waals surface area contributed by atoms with Crippen LogP contribution in [0.2, 0.25) is 0 Å². The Morgan fingerprint density at radius 2 is 1.82 bits per heavy atom. The molecule has 1 saturated carbocycles. The van der Waals surface area contributed by atoms with Crippen LogP contribution in [-0.4, -0.2) is 18.4 Å². The number of hydrogen-bond donors (Lipinski definition) is 0. The third-order valence-corrected chi connectivity index (χ3v) is 7.39. The number of ketones is 1. The van der Waals surface area contributed by atoms with Crippen molar-refractivity contribution in [2.75, 3.05) is 6.61 Å². The van der Waals surface area contributed by atoms with E-state index in [0.717, 1.165) is 12.8 Å². The first kappa shape index (κ1) is 19.4. The van der Waals surface area contributed by atoms with E-state index in [1.54, 1.807) is 0 Å². The first-order valence-corrected chi connectivity index (χ1v) is 11.3. The van der Waals surface area contributed by atoms with Crippen molar-refractivity contribution >= 4 is 23.1 Å². The fourth-order valence-electron chi connectivity index (χ4n) is 4.47. The minimum Gasteiger partial charge on any atom is -0.453 e. The number of fused-ring (bicyclic) bond motifs is 1. The van der Waals surface area contributed by atoms with Crippen molar-refractivity contribution in [2.45, 2.75) is 64.2 Å². The van der Waals surface area contributed by atoms with Crippen LogP contribution in [0.15, 0.2) is 30.3 Å². The Bertz CT molecular complexity index is 843. The van der Waals surface area contributed by atoms with Crippen molar-refractivity contribution in [3.63, 3.8) is 0 Å². The average molecular weight is 397 g/mol. The van der Waals surface area contributed by atoms with Crippen LogP contribution in [0.4, 0.5) is 0 Å². The van der Waals surface area contributed by atoms with Gasteiger partial charge in [0.1, 0.15) is 4.88 Å². The second kappa shape index (κ2) is 8.60. The molecule has 4 rings (SSSR count). The minimum absolute atomic E-state index is 0.140. The molecular weight excluding hydrogens is 368 g/mol. The molecule has 0 radical (unpaired) electrons. The number of thiophene rings is 1. The van der Waals surface area contributed by atoms with Gasteiger partial charge in [0.25, 0.3) is 0 Å². The zero-order chi connectivity index (χ0) is 19.5. The van der Waals surface area contributed by atoms with Gasteiger partial charge in [-0.1, -0.05) is 50.5 Å². The molecule has 148 valence electrons. The Kier molecular flexibility index (Phi) is 5.96. The molecule has 0 amide bonds. The normalized spacial score (nSPS) is 19.8. The number of hydrogen-bond acceptors (Lipinski definition) is 4. The largest absolute Gasteiger partial charge is 0.453 e. The third-order valence-electron chi connectivity index (χ3n) is 6.17. The highest BCUT2D eigenvalue weighted by Gasteiger charge is 2.22. The molecule has 0 aliphatic heterocycles. The first-order chi connectivity index (χ1) is 13.6. The second-order valence-corrected chi connectivity index (χ2v) is 9.50. The highest BCUT2D eigenvalue weighted by Crippen LogP contribution is 2.33. The molecule has 2 aliphatic carbocycles.